The molecule has 0 aliphatic heterocycles. The van der Waals surface area contributed by atoms with E-state index in [1.165, 1.54) is 6.20 Å². The Morgan fingerprint density at radius 1 is 1.26 bits per heavy atom. The Morgan fingerprint density at radius 3 is 2.63 bits per heavy atom. The van der Waals surface area contributed by atoms with Gasteiger partial charge in [-0.2, -0.15) is 0 Å². The predicted molar refractivity (Wildman–Crippen MR) is 74.4 cm³/mol. The van der Waals surface area contributed by atoms with E-state index in [9.17, 15) is 4.79 Å². The number of nitrogens with one attached hydrogen (secondary N) is 1. The van der Waals surface area contributed by atoms with E-state index in [1.54, 1.807) is 24.3 Å². The molecule has 1 heterocycles. The lowest BCUT2D eigenvalue weighted by Crippen LogP contribution is -2.12. The molecule has 1 amide bonds. The molecular weight excluding hydrogens is 264 g/mol. The van der Waals surface area contributed by atoms with Gasteiger partial charge in [0.1, 0.15) is 5.15 Å². The zero-order valence-corrected chi connectivity index (χ0v) is 10.9. The number of aliphatic hydroxyl groups is 1. The van der Waals surface area contributed by atoms with Crippen molar-refractivity contribution in [2.75, 3.05) is 11.9 Å². The fourth-order valence-electron chi connectivity index (χ4n) is 1.64. The second-order valence-electron chi connectivity index (χ2n) is 3.97. The third-order valence-electron chi connectivity index (χ3n) is 2.62. The largest absolute Gasteiger partial charge is 0.396 e. The zero-order chi connectivity index (χ0) is 13.7. The summed E-state index contributed by atoms with van der Waals surface area (Å²) >= 11 is 5.85. The molecule has 0 saturated carbocycles. The summed E-state index contributed by atoms with van der Waals surface area (Å²) in [6, 6.07) is 10.6. The van der Waals surface area contributed by atoms with Gasteiger partial charge in [0.25, 0.3) is 5.91 Å². The maximum absolute atomic E-state index is 12.0. The Morgan fingerprint density at radius 2 is 2.00 bits per heavy atom. The molecule has 0 aliphatic carbocycles. The third-order valence-corrected chi connectivity index (χ3v) is 2.92. The number of hydrogen-bond acceptors (Lipinski definition) is 3. The van der Waals surface area contributed by atoms with Gasteiger partial charge in [0.05, 0.1) is 5.56 Å². The van der Waals surface area contributed by atoms with Crippen LogP contribution in [0.4, 0.5) is 5.69 Å². The topological polar surface area (TPSA) is 62.2 Å². The van der Waals surface area contributed by atoms with Crippen LogP contribution in [0.15, 0.2) is 42.6 Å². The van der Waals surface area contributed by atoms with Gasteiger partial charge in [0.2, 0.25) is 0 Å². The maximum Gasteiger partial charge on any atom is 0.258 e. The van der Waals surface area contributed by atoms with Crippen LogP contribution in [0.25, 0.3) is 0 Å². The minimum absolute atomic E-state index is 0.108. The van der Waals surface area contributed by atoms with Gasteiger partial charge in [-0.15, -0.1) is 0 Å². The van der Waals surface area contributed by atoms with Crippen molar-refractivity contribution in [3.05, 3.63) is 58.9 Å². The lowest BCUT2D eigenvalue weighted by atomic mass is 10.1. The molecule has 0 bridgehead atoms. The molecule has 5 heteroatoms. The minimum atomic E-state index is -0.298. The molecule has 98 valence electrons. The quantitative estimate of drug-likeness (QED) is 0.844. The second kappa shape index (κ2) is 6.31. The predicted octanol–water partition coefficient (Wildman–Crippen LogP) is 2.52. The van der Waals surface area contributed by atoms with Gasteiger partial charge < -0.3 is 10.4 Å². The SMILES string of the molecule is O=C(Nc1ccc(CCO)cc1)c1cccnc1Cl. The molecule has 0 fully saturated rings. The molecule has 0 atom stereocenters. The molecule has 2 N–H and O–H groups in total. The van der Waals surface area contributed by atoms with Gasteiger partial charge in [-0.25, -0.2) is 4.98 Å². The van der Waals surface area contributed by atoms with Crippen molar-refractivity contribution in [3.63, 3.8) is 0 Å². The van der Waals surface area contributed by atoms with Crippen LogP contribution in [0.2, 0.25) is 5.15 Å². The van der Waals surface area contributed by atoms with E-state index < -0.39 is 0 Å². The summed E-state index contributed by atoms with van der Waals surface area (Å²) in [7, 11) is 0. The first-order valence-corrected chi connectivity index (χ1v) is 6.20. The van der Waals surface area contributed by atoms with Crippen LogP contribution in [-0.4, -0.2) is 22.6 Å². The number of anilines is 1. The molecule has 19 heavy (non-hydrogen) atoms. The highest BCUT2D eigenvalue weighted by Crippen LogP contribution is 2.15. The molecule has 0 spiro atoms. The number of aromatic nitrogens is 1. The van der Waals surface area contributed by atoms with Crippen LogP contribution in [0.1, 0.15) is 15.9 Å². The lowest BCUT2D eigenvalue weighted by molar-refractivity contribution is 0.102. The average Bonchev–Trinajstić information content (AvgIpc) is 2.42. The maximum atomic E-state index is 12.0. The molecule has 0 saturated heterocycles. The van der Waals surface area contributed by atoms with E-state index in [4.69, 9.17) is 16.7 Å². The second-order valence-corrected chi connectivity index (χ2v) is 4.32. The highest BCUT2D eigenvalue weighted by Gasteiger charge is 2.10. The first kappa shape index (κ1) is 13.5. The molecule has 1 aromatic heterocycles. The van der Waals surface area contributed by atoms with Gasteiger partial charge in [-0.05, 0) is 36.2 Å². The molecule has 4 nitrogen and oxygen atoms in total. The van der Waals surface area contributed by atoms with E-state index >= 15 is 0 Å². The summed E-state index contributed by atoms with van der Waals surface area (Å²) in [5.74, 6) is -0.298. The number of hydrogen-bond donors (Lipinski definition) is 2. The van der Waals surface area contributed by atoms with Crippen LogP contribution >= 0.6 is 11.6 Å². The third kappa shape index (κ3) is 3.53. The molecule has 0 aliphatic rings. The number of rotatable bonds is 4. The Labute approximate surface area is 116 Å². The van der Waals surface area contributed by atoms with Crippen molar-refractivity contribution in [1.29, 1.82) is 0 Å². The summed E-state index contributed by atoms with van der Waals surface area (Å²) in [4.78, 5) is 15.8. The van der Waals surface area contributed by atoms with E-state index in [2.05, 4.69) is 10.3 Å². The molecule has 2 rings (SSSR count). The number of halogens is 1. The first-order valence-electron chi connectivity index (χ1n) is 5.82. The first-order chi connectivity index (χ1) is 9.20. The summed E-state index contributed by atoms with van der Waals surface area (Å²) in [6.07, 6.45) is 2.13. The molecule has 1 aromatic carbocycles. The van der Waals surface area contributed by atoms with Crippen LogP contribution in [0.5, 0.6) is 0 Å². The fourth-order valence-corrected chi connectivity index (χ4v) is 1.84. The standard InChI is InChI=1S/C14H13ClN2O2/c15-13-12(2-1-8-16-13)14(19)17-11-5-3-10(4-6-11)7-9-18/h1-6,8,18H,7,9H2,(H,17,19). The monoisotopic (exact) mass is 276 g/mol. The van der Waals surface area contributed by atoms with Gasteiger partial charge in [-0.3, -0.25) is 4.79 Å². The number of benzene rings is 1. The van der Waals surface area contributed by atoms with Crippen LogP contribution < -0.4 is 5.32 Å². The number of nitrogens with zero attached hydrogens (tertiary/aromatic N) is 1. The van der Waals surface area contributed by atoms with E-state index in [1.807, 2.05) is 12.1 Å². The van der Waals surface area contributed by atoms with Crippen molar-refractivity contribution >= 4 is 23.2 Å². The highest BCUT2D eigenvalue weighted by molar-refractivity contribution is 6.33. The molecule has 2 aromatic rings. The van der Waals surface area contributed by atoms with Crippen molar-refractivity contribution in [1.82, 2.24) is 4.98 Å². The lowest BCUT2D eigenvalue weighted by Gasteiger charge is -2.07. The van der Waals surface area contributed by atoms with Gasteiger partial charge in [0.15, 0.2) is 0 Å². The van der Waals surface area contributed by atoms with Gasteiger partial charge in [-0.1, -0.05) is 23.7 Å². The molecule has 0 radical (unpaired) electrons. The van der Waals surface area contributed by atoms with Crippen molar-refractivity contribution in [2.24, 2.45) is 0 Å². The fraction of sp³-hybridized carbons (Fsp3) is 0.143. The van der Waals surface area contributed by atoms with Crippen molar-refractivity contribution in [2.45, 2.75) is 6.42 Å². The van der Waals surface area contributed by atoms with E-state index in [-0.39, 0.29) is 17.7 Å². The summed E-state index contributed by atoms with van der Waals surface area (Å²) in [5, 5.41) is 11.7. The number of pyridine rings is 1. The van der Waals surface area contributed by atoms with Crippen molar-refractivity contribution in [3.8, 4) is 0 Å². The van der Waals surface area contributed by atoms with Crippen molar-refractivity contribution < 1.29 is 9.90 Å². The Bertz CT molecular complexity index is 570. The number of carbonyl (C=O) groups is 1. The smallest absolute Gasteiger partial charge is 0.258 e. The van der Waals surface area contributed by atoms with Crippen LogP contribution in [0.3, 0.4) is 0 Å². The number of amides is 1. The van der Waals surface area contributed by atoms with E-state index in [0.29, 0.717) is 17.7 Å². The van der Waals surface area contributed by atoms with Gasteiger partial charge >= 0.3 is 0 Å². The Kier molecular flexibility index (Phi) is 4.49. The van der Waals surface area contributed by atoms with E-state index in [0.717, 1.165) is 5.56 Å². The zero-order valence-electron chi connectivity index (χ0n) is 10.1. The Hall–Kier alpha value is -1.91. The molecule has 0 unspecified atom stereocenters. The summed E-state index contributed by atoms with van der Waals surface area (Å²) < 4.78 is 0. The average molecular weight is 277 g/mol. The summed E-state index contributed by atoms with van der Waals surface area (Å²) in [5.41, 5.74) is 2.02. The van der Waals surface area contributed by atoms with Crippen LogP contribution in [-0.2, 0) is 6.42 Å². The number of carbonyl (C=O) groups excluding carboxylic acids is 1. The Balaban J connectivity index is 2.09. The van der Waals surface area contributed by atoms with Gasteiger partial charge in [0, 0.05) is 18.5 Å². The molecular formula is C14H13ClN2O2. The minimum Gasteiger partial charge on any atom is -0.396 e. The number of aliphatic hydroxyl groups excluding tert-OH is 1. The normalized spacial score (nSPS) is 10.2. The van der Waals surface area contributed by atoms with Crippen LogP contribution in [0, 0.1) is 0 Å². The highest BCUT2D eigenvalue weighted by atomic mass is 35.5. The summed E-state index contributed by atoms with van der Waals surface area (Å²) in [6.45, 7) is 0.108.